The van der Waals surface area contributed by atoms with E-state index in [1.54, 1.807) is 0 Å². The van der Waals surface area contributed by atoms with Crippen molar-refractivity contribution < 1.29 is 9.53 Å². The van der Waals surface area contributed by atoms with Gasteiger partial charge in [-0.05, 0) is 34.5 Å². The number of hydrogen-bond donors (Lipinski definition) is 1. The molecule has 0 bridgehead atoms. The highest BCUT2D eigenvalue weighted by Gasteiger charge is 2.17. The van der Waals surface area contributed by atoms with Crippen LogP contribution < -0.4 is 15.4 Å². The van der Waals surface area contributed by atoms with Crippen LogP contribution in [0.1, 0.15) is 12.5 Å². The van der Waals surface area contributed by atoms with Gasteiger partial charge in [0.15, 0.2) is 5.13 Å². The lowest BCUT2D eigenvalue weighted by Gasteiger charge is -2.13. The zero-order valence-electron chi connectivity index (χ0n) is 13.0. The fraction of sp³-hybridized carbons (Fsp3) is 0.176. The Kier molecular flexibility index (Phi) is 5.01. The lowest BCUT2D eigenvalue weighted by Crippen LogP contribution is -2.35. The Morgan fingerprint density at radius 1 is 1.33 bits per heavy atom. The summed E-state index contributed by atoms with van der Waals surface area (Å²) in [5, 5.41) is 0.584. The molecule has 0 fully saturated rings. The lowest BCUT2D eigenvalue weighted by atomic mass is 10.2. The second-order valence-corrected chi connectivity index (χ2v) is 6.94. The molecule has 2 aromatic carbocycles. The molecular formula is C17H16BrN3O2S. The zero-order chi connectivity index (χ0) is 17.1. The molecule has 5 nitrogen and oxygen atoms in total. The van der Waals surface area contributed by atoms with Gasteiger partial charge in [-0.1, -0.05) is 41.7 Å². The molecule has 0 saturated carbocycles. The molecule has 0 spiro atoms. The summed E-state index contributed by atoms with van der Waals surface area (Å²) in [7, 11) is 0. The van der Waals surface area contributed by atoms with Crippen molar-refractivity contribution >= 4 is 48.6 Å². The van der Waals surface area contributed by atoms with Gasteiger partial charge in [-0.3, -0.25) is 4.90 Å². The van der Waals surface area contributed by atoms with Crippen molar-refractivity contribution in [3.63, 3.8) is 0 Å². The van der Waals surface area contributed by atoms with Crippen molar-refractivity contribution in [2.75, 3.05) is 11.4 Å². The number of halogens is 1. The molecule has 2 N–H and O–H groups in total. The number of carbonyl (C=O) groups excluding carboxylic acids is 1. The normalized spacial score (nSPS) is 10.8. The predicted molar refractivity (Wildman–Crippen MR) is 101 cm³/mol. The smallest absolute Gasteiger partial charge is 0.321 e. The lowest BCUT2D eigenvalue weighted by molar-refractivity contribution is 0.254. The van der Waals surface area contributed by atoms with Crippen LogP contribution >= 0.6 is 27.3 Å². The maximum Gasteiger partial charge on any atom is 0.321 e. The van der Waals surface area contributed by atoms with Crippen molar-refractivity contribution in [2.45, 2.75) is 13.5 Å². The van der Waals surface area contributed by atoms with Gasteiger partial charge in [0.25, 0.3) is 0 Å². The summed E-state index contributed by atoms with van der Waals surface area (Å²) in [6, 6.07) is 13.2. The third-order valence-corrected chi connectivity index (χ3v) is 5.48. The van der Waals surface area contributed by atoms with Gasteiger partial charge in [0.1, 0.15) is 12.4 Å². The third kappa shape index (κ3) is 3.52. The standard InChI is InChI=1S/C17H16BrN3O2S/c1-2-21(16(19)22)17-20-14-9-12(8-13(18)15(14)24-17)23-10-11-6-4-3-5-7-11/h3-9H,2,10H2,1H3,(H2,19,22). The first-order chi connectivity index (χ1) is 11.6. The van der Waals surface area contributed by atoms with Gasteiger partial charge >= 0.3 is 6.03 Å². The Balaban J connectivity index is 1.87. The van der Waals surface area contributed by atoms with E-state index in [-0.39, 0.29) is 0 Å². The van der Waals surface area contributed by atoms with Crippen molar-refractivity contribution in [1.29, 1.82) is 0 Å². The monoisotopic (exact) mass is 405 g/mol. The Morgan fingerprint density at radius 2 is 2.08 bits per heavy atom. The number of anilines is 1. The molecule has 1 aromatic heterocycles. The number of aromatic nitrogens is 1. The quantitative estimate of drug-likeness (QED) is 0.676. The number of nitrogens with zero attached hydrogens (tertiary/aromatic N) is 2. The second kappa shape index (κ2) is 7.19. The Bertz CT molecular complexity index is 867. The van der Waals surface area contributed by atoms with Crippen LogP contribution in [0.2, 0.25) is 0 Å². The van der Waals surface area contributed by atoms with E-state index in [4.69, 9.17) is 10.5 Å². The molecule has 3 aromatic rings. The van der Waals surface area contributed by atoms with Gasteiger partial charge < -0.3 is 10.5 Å². The molecule has 0 radical (unpaired) electrons. The van der Waals surface area contributed by atoms with E-state index in [1.165, 1.54) is 16.2 Å². The van der Waals surface area contributed by atoms with Gasteiger partial charge in [-0.2, -0.15) is 0 Å². The first kappa shape index (κ1) is 16.7. The molecule has 0 atom stereocenters. The van der Waals surface area contributed by atoms with Gasteiger partial charge in [0.2, 0.25) is 0 Å². The highest BCUT2D eigenvalue weighted by atomic mass is 79.9. The van der Waals surface area contributed by atoms with Crippen LogP contribution in [0.25, 0.3) is 10.2 Å². The summed E-state index contributed by atoms with van der Waals surface area (Å²) in [6.07, 6.45) is 0. The van der Waals surface area contributed by atoms with Gasteiger partial charge in [0.05, 0.1) is 10.2 Å². The van der Waals surface area contributed by atoms with Crippen LogP contribution in [0.4, 0.5) is 9.93 Å². The number of carbonyl (C=O) groups is 1. The zero-order valence-corrected chi connectivity index (χ0v) is 15.4. The van der Waals surface area contributed by atoms with Gasteiger partial charge in [-0.25, -0.2) is 9.78 Å². The molecule has 0 aliphatic rings. The van der Waals surface area contributed by atoms with E-state index >= 15 is 0 Å². The molecular weight excluding hydrogens is 390 g/mol. The minimum absolute atomic E-state index is 0.476. The summed E-state index contributed by atoms with van der Waals surface area (Å²) in [5.74, 6) is 0.720. The fourth-order valence-corrected chi connectivity index (χ4v) is 3.97. The summed E-state index contributed by atoms with van der Waals surface area (Å²) >= 11 is 4.97. The van der Waals surface area contributed by atoms with Crippen molar-refractivity contribution in [1.82, 2.24) is 4.98 Å². The van der Waals surface area contributed by atoms with Gasteiger partial charge in [-0.15, -0.1) is 0 Å². The summed E-state index contributed by atoms with van der Waals surface area (Å²) in [5.41, 5.74) is 7.26. The molecule has 2 amide bonds. The molecule has 7 heteroatoms. The van der Waals surface area contributed by atoms with Crippen LogP contribution in [0.5, 0.6) is 5.75 Å². The van der Waals surface area contributed by atoms with Crippen LogP contribution in [0, 0.1) is 0 Å². The number of rotatable bonds is 5. The van der Waals surface area contributed by atoms with E-state index in [0.717, 1.165) is 26.0 Å². The Labute approximate surface area is 152 Å². The number of hydrogen-bond acceptors (Lipinski definition) is 4. The first-order valence-corrected chi connectivity index (χ1v) is 9.03. The molecule has 0 aliphatic carbocycles. The van der Waals surface area contributed by atoms with Gasteiger partial charge in [0, 0.05) is 17.1 Å². The molecule has 3 rings (SSSR count). The van der Waals surface area contributed by atoms with Crippen LogP contribution in [0.15, 0.2) is 46.9 Å². The summed E-state index contributed by atoms with van der Waals surface area (Å²) in [6.45, 7) is 2.82. The van der Waals surface area contributed by atoms with Crippen LogP contribution in [-0.2, 0) is 6.61 Å². The van der Waals surface area contributed by atoms with Crippen molar-refractivity contribution in [2.24, 2.45) is 5.73 Å². The Morgan fingerprint density at radius 3 is 2.75 bits per heavy atom. The number of fused-ring (bicyclic) bond motifs is 1. The number of nitrogens with two attached hydrogens (primary N) is 1. The number of thiazole rings is 1. The summed E-state index contributed by atoms with van der Waals surface area (Å²) in [4.78, 5) is 17.5. The van der Waals surface area contributed by atoms with Crippen molar-refractivity contribution in [3.8, 4) is 5.75 Å². The molecule has 24 heavy (non-hydrogen) atoms. The predicted octanol–water partition coefficient (Wildman–Crippen LogP) is 4.54. The summed E-state index contributed by atoms with van der Waals surface area (Å²) < 4.78 is 7.69. The average molecular weight is 406 g/mol. The van der Waals surface area contributed by atoms with Crippen LogP contribution in [0.3, 0.4) is 0 Å². The van der Waals surface area contributed by atoms with Crippen molar-refractivity contribution in [3.05, 3.63) is 52.5 Å². The molecule has 0 saturated heterocycles. The number of urea groups is 1. The second-order valence-electron chi connectivity index (χ2n) is 5.11. The minimum atomic E-state index is -0.506. The number of ether oxygens (including phenoxy) is 1. The average Bonchev–Trinajstić information content (AvgIpc) is 2.98. The molecule has 124 valence electrons. The topological polar surface area (TPSA) is 68.5 Å². The third-order valence-electron chi connectivity index (χ3n) is 3.47. The minimum Gasteiger partial charge on any atom is -0.489 e. The SMILES string of the molecule is CCN(C(N)=O)c1nc2cc(OCc3ccccc3)cc(Br)c2s1. The number of amides is 2. The number of primary amides is 1. The highest BCUT2D eigenvalue weighted by molar-refractivity contribution is 9.10. The molecule has 0 aliphatic heterocycles. The van der Waals surface area contributed by atoms with E-state index in [2.05, 4.69) is 20.9 Å². The van der Waals surface area contributed by atoms with E-state index < -0.39 is 6.03 Å². The van der Waals surface area contributed by atoms with E-state index in [9.17, 15) is 4.79 Å². The number of benzene rings is 2. The maximum absolute atomic E-state index is 11.5. The molecule has 1 heterocycles. The van der Waals surface area contributed by atoms with E-state index in [0.29, 0.717) is 18.3 Å². The Hall–Kier alpha value is -2.12. The highest BCUT2D eigenvalue weighted by Crippen LogP contribution is 2.37. The maximum atomic E-state index is 11.5. The largest absolute Gasteiger partial charge is 0.489 e. The first-order valence-electron chi connectivity index (χ1n) is 7.42. The van der Waals surface area contributed by atoms with Crippen LogP contribution in [-0.4, -0.2) is 17.6 Å². The fourth-order valence-electron chi connectivity index (χ4n) is 2.28. The molecule has 0 unspecified atom stereocenters. The van der Waals surface area contributed by atoms with E-state index in [1.807, 2.05) is 49.4 Å².